The molecule has 0 amide bonds. The molecule has 3 rings (SSSR count). The number of halogens is 1. The number of aromatic nitrogens is 2. The highest BCUT2D eigenvalue weighted by atomic mass is 35.5. The highest BCUT2D eigenvalue weighted by Gasteiger charge is 2.12. The summed E-state index contributed by atoms with van der Waals surface area (Å²) in [5.41, 5.74) is 1.32. The summed E-state index contributed by atoms with van der Waals surface area (Å²) >= 11 is 5.90. The van der Waals surface area contributed by atoms with Crippen LogP contribution in [0.2, 0.25) is 5.28 Å². The molecule has 3 aromatic rings. The Morgan fingerprint density at radius 1 is 1.10 bits per heavy atom. The van der Waals surface area contributed by atoms with Crippen molar-refractivity contribution < 1.29 is 4.92 Å². The van der Waals surface area contributed by atoms with Crippen molar-refractivity contribution in [3.63, 3.8) is 0 Å². The second-order valence-electron chi connectivity index (χ2n) is 4.29. The van der Waals surface area contributed by atoms with Crippen molar-refractivity contribution in [1.82, 2.24) is 9.97 Å². The van der Waals surface area contributed by atoms with Gasteiger partial charge >= 0.3 is 0 Å². The Kier molecular flexibility index (Phi) is 3.37. The minimum absolute atomic E-state index is 0.0236. The molecule has 21 heavy (non-hydrogen) atoms. The van der Waals surface area contributed by atoms with Crippen LogP contribution < -0.4 is 5.32 Å². The zero-order chi connectivity index (χ0) is 14.8. The van der Waals surface area contributed by atoms with Gasteiger partial charge < -0.3 is 5.32 Å². The lowest BCUT2D eigenvalue weighted by atomic mass is 10.2. The monoisotopic (exact) mass is 300 g/mol. The van der Waals surface area contributed by atoms with Gasteiger partial charge in [-0.05, 0) is 29.8 Å². The molecule has 7 heteroatoms. The molecule has 0 unspecified atom stereocenters. The van der Waals surface area contributed by atoms with Crippen molar-refractivity contribution in [2.75, 3.05) is 5.32 Å². The molecule has 1 aromatic heterocycles. The van der Waals surface area contributed by atoms with Crippen molar-refractivity contribution in [3.8, 4) is 0 Å². The molecule has 0 aliphatic rings. The zero-order valence-corrected chi connectivity index (χ0v) is 11.4. The number of anilines is 2. The van der Waals surface area contributed by atoms with E-state index >= 15 is 0 Å². The molecule has 0 aliphatic carbocycles. The number of para-hydroxylation sites is 1. The van der Waals surface area contributed by atoms with Crippen LogP contribution in [0.15, 0.2) is 48.5 Å². The Balaban J connectivity index is 2.15. The molecule has 0 fully saturated rings. The number of hydrogen-bond acceptors (Lipinski definition) is 5. The number of benzene rings is 2. The molecule has 0 atom stereocenters. The van der Waals surface area contributed by atoms with Gasteiger partial charge in [-0.3, -0.25) is 10.1 Å². The van der Waals surface area contributed by atoms with Crippen LogP contribution in [0.3, 0.4) is 0 Å². The first-order chi connectivity index (χ1) is 10.1. The third kappa shape index (κ3) is 2.75. The van der Waals surface area contributed by atoms with Crippen LogP contribution in [-0.4, -0.2) is 14.9 Å². The Morgan fingerprint density at radius 3 is 2.57 bits per heavy atom. The summed E-state index contributed by atoms with van der Waals surface area (Å²) in [6, 6.07) is 13.7. The number of nitrogens with one attached hydrogen (secondary N) is 1. The number of nitro groups is 1. The Morgan fingerprint density at radius 2 is 1.86 bits per heavy atom. The van der Waals surface area contributed by atoms with Crippen molar-refractivity contribution in [3.05, 3.63) is 63.9 Å². The van der Waals surface area contributed by atoms with Gasteiger partial charge in [0.15, 0.2) is 0 Å². The van der Waals surface area contributed by atoms with Crippen molar-refractivity contribution in [2.45, 2.75) is 0 Å². The zero-order valence-electron chi connectivity index (χ0n) is 10.7. The number of non-ortho nitro benzene ring substituents is 1. The van der Waals surface area contributed by atoms with Crippen LogP contribution in [0.5, 0.6) is 0 Å². The fourth-order valence-corrected chi connectivity index (χ4v) is 2.13. The summed E-state index contributed by atoms with van der Waals surface area (Å²) in [5, 5.41) is 14.6. The summed E-state index contributed by atoms with van der Waals surface area (Å²) in [6.07, 6.45) is 0. The van der Waals surface area contributed by atoms with E-state index in [9.17, 15) is 10.1 Å². The summed E-state index contributed by atoms with van der Waals surface area (Å²) in [4.78, 5) is 18.6. The summed E-state index contributed by atoms with van der Waals surface area (Å²) in [6.45, 7) is 0. The molecule has 1 N–H and O–H groups in total. The van der Waals surface area contributed by atoms with Crippen LogP contribution in [-0.2, 0) is 0 Å². The minimum Gasteiger partial charge on any atom is -0.340 e. The highest BCUT2D eigenvalue weighted by molar-refractivity contribution is 6.28. The maximum atomic E-state index is 10.9. The van der Waals surface area contributed by atoms with Gasteiger partial charge in [0, 0.05) is 23.2 Å². The quantitative estimate of drug-likeness (QED) is 0.450. The number of hydrogen-bond donors (Lipinski definition) is 1. The predicted molar refractivity (Wildman–Crippen MR) is 80.9 cm³/mol. The average molecular weight is 301 g/mol. The Hall–Kier alpha value is -2.73. The third-order valence-electron chi connectivity index (χ3n) is 2.90. The smallest absolute Gasteiger partial charge is 0.270 e. The fraction of sp³-hybridized carbons (Fsp3) is 0. The summed E-state index contributed by atoms with van der Waals surface area (Å²) in [5.74, 6) is 0.430. The SMILES string of the molecule is O=[N+]([O-])c1ccc2nc(Cl)nc(Nc3ccccc3)c2c1. The van der Waals surface area contributed by atoms with E-state index in [1.54, 1.807) is 6.07 Å². The standard InChI is InChI=1S/C14H9ClN4O2/c15-14-17-12-7-6-10(19(20)21)8-11(12)13(18-14)16-9-4-2-1-3-5-9/h1-8H,(H,16,17,18). The Labute approximate surface area is 124 Å². The second kappa shape index (κ2) is 5.34. The first-order valence-corrected chi connectivity index (χ1v) is 6.45. The van der Waals surface area contributed by atoms with Crippen LogP contribution >= 0.6 is 11.6 Å². The number of rotatable bonds is 3. The van der Waals surface area contributed by atoms with Gasteiger partial charge in [-0.2, -0.15) is 4.98 Å². The molecule has 0 aliphatic heterocycles. The van der Waals surface area contributed by atoms with E-state index < -0.39 is 4.92 Å². The number of nitrogens with zero attached hydrogens (tertiary/aromatic N) is 3. The number of fused-ring (bicyclic) bond motifs is 1. The van der Waals surface area contributed by atoms with Crippen LogP contribution in [0, 0.1) is 10.1 Å². The van der Waals surface area contributed by atoms with Gasteiger partial charge in [0.2, 0.25) is 5.28 Å². The lowest BCUT2D eigenvalue weighted by molar-refractivity contribution is -0.384. The van der Waals surface area contributed by atoms with E-state index in [1.165, 1.54) is 12.1 Å². The lowest BCUT2D eigenvalue weighted by Crippen LogP contribution is -1.98. The van der Waals surface area contributed by atoms with Gasteiger partial charge in [-0.1, -0.05) is 18.2 Å². The molecule has 104 valence electrons. The molecule has 0 bridgehead atoms. The van der Waals surface area contributed by atoms with Gasteiger partial charge in [-0.15, -0.1) is 0 Å². The molecule has 0 radical (unpaired) electrons. The van der Waals surface area contributed by atoms with E-state index in [4.69, 9.17) is 11.6 Å². The van der Waals surface area contributed by atoms with E-state index in [1.807, 2.05) is 30.3 Å². The van der Waals surface area contributed by atoms with E-state index in [-0.39, 0.29) is 11.0 Å². The van der Waals surface area contributed by atoms with Gasteiger partial charge in [0.05, 0.1) is 10.4 Å². The molecule has 2 aromatic carbocycles. The third-order valence-corrected chi connectivity index (χ3v) is 3.07. The van der Waals surface area contributed by atoms with Gasteiger partial charge in [0.25, 0.3) is 5.69 Å². The Bertz CT molecular complexity index is 824. The molecule has 6 nitrogen and oxygen atoms in total. The van der Waals surface area contributed by atoms with Crippen LogP contribution in [0.1, 0.15) is 0 Å². The van der Waals surface area contributed by atoms with Crippen LogP contribution in [0.4, 0.5) is 17.2 Å². The van der Waals surface area contributed by atoms with E-state index in [0.29, 0.717) is 16.7 Å². The maximum Gasteiger partial charge on any atom is 0.270 e. The summed E-state index contributed by atoms with van der Waals surface area (Å²) < 4.78 is 0. The van der Waals surface area contributed by atoms with E-state index in [0.717, 1.165) is 5.69 Å². The molecule has 0 saturated carbocycles. The van der Waals surface area contributed by atoms with Gasteiger partial charge in [0.1, 0.15) is 5.82 Å². The molecular weight excluding hydrogens is 292 g/mol. The summed E-state index contributed by atoms with van der Waals surface area (Å²) in [7, 11) is 0. The highest BCUT2D eigenvalue weighted by Crippen LogP contribution is 2.28. The predicted octanol–water partition coefficient (Wildman–Crippen LogP) is 3.94. The average Bonchev–Trinajstić information content (AvgIpc) is 2.47. The second-order valence-corrected chi connectivity index (χ2v) is 4.63. The lowest BCUT2D eigenvalue weighted by Gasteiger charge is -2.08. The fourth-order valence-electron chi connectivity index (χ4n) is 1.96. The van der Waals surface area contributed by atoms with E-state index in [2.05, 4.69) is 15.3 Å². The van der Waals surface area contributed by atoms with Crippen molar-refractivity contribution in [1.29, 1.82) is 0 Å². The molecule has 1 heterocycles. The first-order valence-electron chi connectivity index (χ1n) is 6.07. The van der Waals surface area contributed by atoms with Gasteiger partial charge in [-0.25, -0.2) is 4.98 Å². The minimum atomic E-state index is -0.458. The van der Waals surface area contributed by atoms with Crippen molar-refractivity contribution >= 4 is 39.7 Å². The molecule has 0 spiro atoms. The van der Waals surface area contributed by atoms with Crippen LogP contribution in [0.25, 0.3) is 10.9 Å². The largest absolute Gasteiger partial charge is 0.340 e. The normalized spacial score (nSPS) is 10.5. The van der Waals surface area contributed by atoms with Crippen molar-refractivity contribution in [2.24, 2.45) is 0 Å². The topological polar surface area (TPSA) is 81.0 Å². The first kappa shape index (κ1) is 13.3. The number of nitro benzene ring substituents is 1. The molecule has 0 saturated heterocycles. The maximum absolute atomic E-state index is 10.9. The molecular formula is C14H9ClN4O2.